The molecule has 108 valence electrons. The number of hydrogen-bond donors (Lipinski definition) is 0. The second-order valence-corrected chi connectivity index (χ2v) is 6.69. The van der Waals surface area contributed by atoms with Gasteiger partial charge in [0.25, 0.3) is 0 Å². The predicted octanol–water partition coefficient (Wildman–Crippen LogP) is 3.46. The highest BCUT2D eigenvalue weighted by Crippen LogP contribution is 2.30. The summed E-state index contributed by atoms with van der Waals surface area (Å²) in [6.07, 6.45) is 0. The highest BCUT2D eigenvalue weighted by molar-refractivity contribution is 7.87. The summed E-state index contributed by atoms with van der Waals surface area (Å²) < 4.78 is 30.7. The van der Waals surface area contributed by atoms with Gasteiger partial charge in [0.2, 0.25) is 0 Å². The molecule has 1 aromatic carbocycles. The van der Waals surface area contributed by atoms with Gasteiger partial charge in [0, 0.05) is 29.2 Å². The largest absolute Gasteiger partial charge is 0.379 e. The van der Waals surface area contributed by atoms with E-state index in [1.54, 1.807) is 0 Å². The minimum absolute atomic E-state index is 0.00168. The molecule has 0 saturated carbocycles. The van der Waals surface area contributed by atoms with Gasteiger partial charge in [0.1, 0.15) is 10.9 Å². The fourth-order valence-corrected chi connectivity index (χ4v) is 3.78. The Morgan fingerprint density at radius 2 is 1.70 bits per heavy atom. The lowest BCUT2D eigenvalue weighted by Crippen LogP contribution is -2.11. The Bertz CT molecular complexity index is 751. The zero-order chi connectivity index (χ0) is 15.1. The molecule has 0 atom stereocenters. The number of hydrogen-bond acceptors (Lipinski definition) is 4. The van der Waals surface area contributed by atoms with E-state index in [4.69, 9.17) is 39.0 Å². The van der Waals surface area contributed by atoms with E-state index in [0.717, 1.165) is 0 Å². The molecule has 1 aromatic heterocycles. The molecule has 0 radical (unpaired) electrons. The molecular formula is C11H9Cl3N2O3S. The quantitative estimate of drug-likeness (QED) is 0.791. The maximum Gasteiger partial charge on any atom is 0.344 e. The van der Waals surface area contributed by atoms with E-state index in [-0.39, 0.29) is 31.5 Å². The molecule has 1 heterocycles. The van der Waals surface area contributed by atoms with Gasteiger partial charge in [-0.2, -0.15) is 13.5 Å². The van der Waals surface area contributed by atoms with Gasteiger partial charge in [-0.3, -0.25) is 4.68 Å². The summed E-state index contributed by atoms with van der Waals surface area (Å²) in [4.78, 5) is -0.183. The van der Waals surface area contributed by atoms with Gasteiger partial charge < -0.3 is 4.18 Å². The summed E-state index contributed by atoms with van der Waals surface area (Å²) in [6, 6.07) is 4.14. The first kappa shape index (κ1) is 15.4. The summed E-state index contributed by atoms with van der Waals surface area (Å²) in [5, 5.41) is 4.42. The van der Waals surface area contributed by atoms with Gasteiger partial charge >= 0.3 is 10.1 Å². The van der Waals surface area contributed by atoms with E-state index < -0.39 is 10.1 Å². The van der Waals surface area contributed by atoms with Crippen LogP contribution in [0.25, 0.3) is 0 Å². The molecule has 0 bridgehead atoms. The minimum Gasteiger partial charge on any atom is -0.379 e. The van der Waals surface area contributed by atoms with Crippen molar-refractivity contribution in [1.29, 1.82) is 0 Å². The molecule has 0 fully saturated rings. The van der Waals surface area contributed by atoms with Gasteiger partial charge in [-0.05, 0) is 13.0 Å². The standard InChI is InChI=1S/C11H9Cl3N2O3S/c1-6-10(11(14)16(2)15-6)20(17,18)19-9-4-7(12)3-8(13)5-9/h3-5H,1-2H3. The third kappa shape index (κ3) is 3.03. The smallest absolute Gasteiger partial charge is 0.344 e. The molecule has 9 heteroatoms. The van der Waals surface area contributed by atoms with Gasteiger partial charge in [-0.1, -0.05) is 34.8 Å². The van der Waals surface area contributed by atoms with E-state index in [2.05, 4.69) is 5.10 Å². The SMILES string of the molecule is Cc1nn(C)c(Cl)c1S(=O)(=O)Oc1cc(Cl)cc(Cl)c1. The van der Waals surface area contributed by atoms with Crippen molar-refractivity contribution in [2.45, 2.75) is 11.8 Å². The fraction of sp³-hybridized carbons (Fsp3) is 0.182. The Labute approximate surface area is 131 Å². The van der Waals surface area contributed by atoms with Crippen LogP contribution in [0.3, 0.4) is 0 Å². The number of aryl methyl sites for hydroxylation is 2. The molecule has 0 spiro atoms. The lowest BCUT2D eigenvalue weighted by Gasteiger charge is -2.07. The summed E-state index contributed by atoms with van der Waals surface area (Å²) in [5.74, 6) is 0.00168. The first-order valence-corrected chi connectivity index (χ1v) is 7.84. The molecule has 2 rings (SSSR count). The number of halogens is 3. The van der Waals surface area contributed by atoms with Crippen molar-refractivity contribution in [3.63, 3.8) is 0 Å². The predicted molar refractivity (Wildman–Crippen MR) is 77.2 cm³/mol. The van der Waals surface area contributed by atoms with Crippen LogP contribution in [0.1, 0.15) is 5.69 Å². The number of rotatable bonds is 3. The molecule has 20 heavy (non-hydrogen) atoms. The second-order valence-electron chi connectivity index (χ2n) is 3.97. The average molecular weight is 356 g/mol. The summed E-state index contributed by atoms with van der Waals surface area (Å²) >= 11 is 17.5. The highest BCUT2D eigenvalue weighted by Gasteiger charge is 2.27. The van der Waals surface area contributed by atoms with Crippen LogP contribution >= 0.6 is 34.8 Å². The van der Waals surface area contributed by atoms with Crippen LogP contribution < -0.4 is 4.18 Å². The zero-order valence-electron chi connectivity index (χ0n) is 10.4. The van der Waals surface area contributed by atoms with Gasteiger partial charge in [-0.15, -0.1) is 0 Å². The van der Waals surface area contributed by atoms with Crippen molar-refractivity contribution < 1.29 is 12.6 Å². The molecule has 0 unspecified atom stereocenters. The molecule has 0 aliphatic heterocycles. The maximum absolute atomic E-state index is 12.2. The topological polar surface area (TPSA) is 61.2 Å². The molecular weight excluding hydrogens is 347 g/mol. The van der Waals surface area contributed by atoms with Crippen LogP contribution in [0.5, 0.6) is 5.75 Å². The van der Waals surface area contributed by atoms with Crippen LogP contribution in [0.2, 0.25) is 15.2 Å². The van der Waals surface area contributed by atoms with Crippen LogP contribution in [-0.4, -0.2) is 18.2 Å². The second kappa shape index (κ2) is 5.44. The van der Waals surface area contributed by atoms with Crippen molar-refractivity contribution in [2.75, 3.05) is 0 Å². The van der Waals surface area contributed by atoms with Crippen molar-refractivity contribution in [3.05, 3.63) is 39.1 Å². The lowest BCUT2D eigenvalue weighted by molar-refractivity contribution is 0.485. The summed E-state index contributed by atoms with van der Waals surface area (Å²) in [6.45, 7) is 1.52. The molecule has 0 amide bonds. The summed E-state index contributed by atoms with van der Waals surface area (Å²) in [7, 11) is -2.59. The lowest BCUT2D eigenvalue weighted by atomic mass is 10.3. The van der Waals surface area contributed by atoms with E-state index in [1.807, 2.05) is 0 Å². The molecule has 0 saturated heterocycles. The summed E-state index contributed by atoms with van der Waals surface area (Å²) in [5.41, 5.74) is 0.241. The third-order valence-corrected chi connectivity index (χ3v) is 4.77. The van der Waals surface area contributed by atoms with Crippen molar-refractivity contribution in [1.82, 2.24) is 9.78 Å². The number of nitrogens with zero attached hydrogens (tertiary/aromatic N) is 2. The van der Waals surface area contributed by atoms with E-state index in [9.17, 15) is 8.42 Å². The monoisotopic (exact) mass is 354 g/mol. The van der Waals surface area contributed by atoms with Crippen molar-refractivity contribution in [2.24, 2.45) is 7.05 Å². The first-order chi connectivity index (χ1) is 9.20. The fourth-order valence-electron chi connectivity index (χ4n) is 1.64. The van der Waals surface area contributed by atoms with E-state index in [0.29, 0.717) is 0 Å². The van der Waals surface area contributed by atoms with Crippen LogP contribution in [0.4, 0.5) is 0 Å². The zero-order valence-corrected chi connectivity index (χ0v) is 13.5. The van der Waals surface area contributed by atoms with Crippen LogP contribution in [0.15, 0.2) is 23.1 Å². The average Bonchev–Trinajstić information content (AvgIpc) is 2.50. The Balaban J connectivity index is 2.46. The van der Waals surface area contributed by atoms with E-state index in [1.165, 1.54) is 36.9 Å². The Kier molecular flexibility index (Phi) is 4.20. The van der Waals surface area contributed by atoms with Crippen LogP contribution in [-0.2, 0) is 17.2 Å². The van der Waals surface area contributed by atoms with Gasteiger partial charge in [0.15, 0.2) is 4.90 Å². The molecule has 2 aromatic rings. The van der Waals surface area contributed by atoms with Crippen molar-refractivity contribution in [3.8, 4) is 5.75 Å². The Hall–Kier alpha value is -0.950. The number of benzene rings is 1. The van der Waals surface area contributed by atoms with E-state index >= 15 is 0 Å². The highest BCUT2D eigenvalue weighted by atomic mass is 35.5. The maximum atomic E-state index is 12.2. The molecule has 0 aliphatic carbocycles. The van der Waals surface area contributed by atoms with Crippen LogP contribution in [0, 0.1) is 6.92 Å². The molecule has 0 aliphatic rings. The van der Waals surface area contributed by atoms with Gasteiger partial charge in [-0.25, -0.2) is 0 Å². The Morgan fingerprint density at radius 1 is 1.15 bits per heavy atom. The normalized spacial score (nSPS) is 11.7. The molecule has 5 nitrogen and oxygen atoms in total. The molecule has 0 N–H and O–H groups in total. The third-order valence-electron chi connectivity index (χ3n) is 2.39. The first-order valence-electron chi connectivity index (χ1n) is 5.30. The Morgan fingerprint density at radius 3 is 2.15 bits per heavy atom. The van der Waals surface area contributed by atoms with Gasteiger partial charge in [0.05, 0.1) is 5.69 Å². The number of aromatic nitrogens is 2. The minimum atomic E-state index is -4.12. The van der Waals surface area contributed by atoms with Crippen molar-refractivity contribution >= 4 is 44.9 Å².